The molecule has 1 aromatic carbocycles. The van der Waals surface area contributed by atoms with Gasteiger partial charge in [0.2, 0.25) is 0 Å². The molecular formula is C17H26N2O. The quantitative estimate of drug-likeness (QED) is 0.889. The molecule has 3 nitrogen and oxygen atoms in total. The summed E-state index contributed by atoms with van der Waals surface area (Å²) in [5.41, 5.74) is 1.47. The second-order valence-corrected chi connectivity index (χ2v) is 6.83. The van der Waals surface area contributed by atoms with Crippen LogP contribution >= 0.6 is 0 Å². The lowest BCUT2D eigenvalue weighted by Crippen LogP contribution is -2.51. The van der Waals surface area contributed by atoms with Crippen molar-refractivity contribution in [3.05, 3.63) is 29.8 Å². The van der Waals surface area contributed by atoms with E-state index in [2.05, 4.69) is 30.1 Å². The molecule has 2 aliphatic rings. The molecule has 3 heteroatoms. The largest absolute Gasteiger partial charge is 0.508 e. The SMILES string of the molecule is CC1CCNC(C)(C2CC2)CN1Cc1cccc(O)c1. The Labute approximate surface area is 122 Å². The minimum absolute atomic E-state index is 0.265. The molecule has 2 unspecified atom stereocenters. The monoisotopic (exact) mass is 274 g/mol. The van der Waals surface area contributed by atoms with Gasteiger partial charge in [-0.15, -0.1) is 0 Å². The molecule has 1 aromatic rings. The van der Waals surface area contributed by atoms with Crippen molar-refractivity contribution < 1.29 is 5.11 Å². The number of hydrogen-bond donors (Lipinski definition) is 2. The van der Waals surface area contributed by atoms with Gasteiger partial charge in [0.15, 0.2) is 0 Å². The first kappa shape index (κ1) is 13.9. The summed E-state index contributed by atoms with van der Waals surface area (Å²) >= 11 is 0. The van der Waals surface area contributed by atoms with E-state index in [9.17, 15) is 5.11 Å². The van der Waals surface area contributed by atoms with Crippen LogP contribution in [0.4, 0.5) is 0 Å². The highest BCUT2D eigenvalue weighted by Gasteiger charge is 2.43. The van der Waals surface area contributed by atoms with Gasteiger partial charge >= 0.3 is 0 Å². The summed E-state index contributed by atoms with van der Waals surface area (Å²) in [5.74, 6) is 1.22. The van der Waals surface area contributed by atoms with Gasteiger partial charge in [-0.3, -0.25) is 4.90 Å². The Morgan fingerprint density at radius 2 is 2.15 bits per heavy atom. The fraction of sp³-hybridized carbons (Fsp3) is 0.647. The summed E-state index contributed by atoms with van der Waals surface area (Å²) in [7, 11) is 0. The molecule has 1 heterocycles. The van der Waals surface area contributed by atoms with E-state index in [4.69, 9.17) is 0 Å². The Balaban J connectivity index is 1.75. The summed E-state index contributed by atoms with van der Waals surface area (Å²) in [5, 5.41) is 13.4. The van der Waals surface area contributed by atoms with Crippen molar-refractivity contribution >= 4 is 0 Å². The molecule has 1 aliphatic heterocycles. The Bertz CT molecular complexity index is 472. The zero-order chi connectivity index (χ0) is 14.2. The number of nitrogens with one attached hydrogen (secondary N) is 1. The first-order valence-corrected chi connectivity index (χ1v) is 7.84. The molecule has 2 N–H and O–H groups in total. The molecule has 0 bridgehead atoms. The number of aromatic hydroxyl groups is 1. The van der Waals surface area contributed by atoms with Crippen molar-refractivity contribution in [3.63, 3.8) is 0 Å². The van der Waals surface area contributed by atoms with Crippen LogP contribution in [-0.2, 0) is 6.54 Å². The summed E-state index contributed by atoms with van der Waals surface area (Å²) in [4.78, 5) is 2.58. The zero-order valence-electron chi connectivity index (χ0n) is 12.6. The fourth-order valence-corrected chi connectivity index (χ4v) is 3.48. The average Bonchev–Trinajstić information content (AvgIpc) is 3.21. The Hall–Kier alpha value is -1.06. The summed E-state index contributed by atoms with van der Waals surface area (Å²) in [6.45, 7) is 7.86. The Morgan fingerprint density at radius 3 is 2.85 bits per heavy atom. The van der Waals surface area contributed by atoms with Crippen LogP contribution in [-0.4, -0.2) is 34.7 Å². The fourth-order valence-electron chi connectivity index (χ4n) is 3.48. The second kappa shape index (κ2) is 5.38. The number of rotatable bonds is 3. The normalized spacial score (nSPS) is 32.0. The van der Waals surface area contributed by atoms with E-state index in [0.29, 0.717) is 11.8 Å². The minimum Gasteiger partial charge on any atom is -0.508 e. The molecule has 1 saturated carbocycles. The topological polar surface area (TPSA) is 35.5 Å². The number of phenolic OH excluding ortho intramolecular Hbond substituents is 1. The molecule has 3 rings (SSSR count). The summed E-state index contributed by atoms with van der Waals surface area (Å²) in [6, 6.07) is 8.26. The predicted molar refractivity (Wildman–Crippen MR) is 81.7 cm³/mol. The number of phenols is 1. The molecule has 1 saturated heterocycles. The van der Waals surface area contributed by atoms with Crippen molar-refractivity contribution in [2.75, 3.05) is 13.1 Å². The van der Waals surface area contributed by atoms with Crippen molar-refractivity contribution in [2.24, 2.45) is 5.92 Å². The first-order chi connectivity index (χ1) is 9.57. The van der Waals surface area contributed by atoms with Crippen molar-refractivity contribution in [2.45, 2.75) is 51.2 Å². The number of nitrogens with zero attached hydrogens (tertiary/aromatic N) is 1. The lowest BCUT2D eigenvalue weighted by atomic mass is 9.95. The molecule has 0 amide bonds. The minimum atomic E-state index is 0.265. The van der Waals surface area contributed by atoms with E-state index < -0.39 is 0 Å². The van der Waals surface area contributed by atoms with Gasteiger partial charge in [0.05, 0.1) is 0 Å². The van der Waals surface area contributed by atoms with Gasteiger partial charge in [-0.2, -0.15) is 0 Å². The van der Waals surface area contributed by atoms with Crippen LogP contribution in [0.1, 0.15) is 38.7 Å². The standard InChI is InChI=1S/C17H26N2O/c1-13-8-9-18-17(2,15-6-7-15)12-19(13)11-14-4-3-5-16(20)10-14/h3-5,10,13,15,18,20H,6-9,11-12H2,1-2H3. The van der Waals surface area contributed by atoms with Crippen LogP contribution in [0.5, 0.6) is 5.75 Å². The maximum absolute atomic E-state index is 9.63. The third-order valence-corrected chi connectivity index (χ3v) is 5.02. The lowest BCUT2D eigenvalue weighted by Gasteiger charge is -2.36. The van der Waals surface area contributed by atoms with Gasteiger partial charge in [-0.05, 0) is 63.3 Å². The van der Waals surface area contributed by atoms with Gasteiger partial charge in [-0.25, -0.2) is 0 Å². The van der Waals surface area contributed by atoms with Gasteiger partial charge in [0, 0.05) is 24.7 Å². The van der Waals surface area contributed by atoms with Gasteiger partial charge in [0.25, 0.3) is 0 Å². The highest BCUT2D eigenvalue weighted by molar-refractivity contribution is 5.27. The third kappa shape index (κ3) is 2.99. The van der Waals surface area contributed by atoms with Crippen LogP contribution < -0.4 is 5.32 Å². The molecule has 2 fully saturated rings. The third-order valence-electron chi connectivity index (χ3n) is 5.02. The predicted octanol–water partition coefficient (Wildman–Crippen LogP) is 2.74. The molecule has 0 aromatic heterocycles. The zero-order valence-corrected chi connectivity index (χ0v) is 12.6. The van der Waals surface area contributed by atoms with Crippen LogP contribution in [0.3, 0.4) is 0 Å². The van der Waals surface area contributed by atoms with Crippen LogP contribution in [0, 0.1) is 5.92 Å². The highest BCUT2D eigenvalue weighted by Crippen LogP contribution is 2.41. The van der Waals surface area contributed by atoms with Crippen molar-refractivity contribution in [1.82, 2.24) is 10.2 Å². The van der Waals surface area contributed by atoms with Crippen LogP contribution in [0.15, 0.2) is 24.3 Å². The van der Waals surface area contributed by atoms with Crippen LogP contribution in [0.25, 0.3) is 0 Å². The van der Waals surface area contributed by atoms with Crippen LogP contribution in [0.2, 0.25) is 0 Å². The van der Waals surface area contributed by atoms with E-state index in [1.807, 2.05) is 12.1 Å². The van der Waals surface area contributed by atoms with E-state index in [1.165, 1.54) is 24.8 Å². The molecule has 0 spiro atoms. The van der Waals surface area contributed by atoms with E-state index >= 15 is 0 Å². The van der Waals surface area contributed by atoms with Gasteiger partial charge in [-0.1, -0.05) is 12.1 Å². The molecular weight excluding hydrogens is 248 g/mol. The Morgan fingerprint density at radius 1 is 1.35 bits per heavy atom. The first-order valence-electron chi connectivity index (χ1n) is 7.84. The lowest BCUT2D eigenvalue weighted by molar-refractivity contribution is 0.154. The molecule has 1 aliphatic carbocycles. The maximum atomic E-state index is 9.63. The Kier molecular flexibility index (Phi) is 3.74. The van der Waals surface area contributed by atoms with Crippen molar-refractivity contribution in [3.8, 4) is 5.75 Å². The smallest absolute Gasteiger partial charge is 0.115 e. The molecule has 0 radical (unpaired) electrons. The molecule has 110 valence electrons. The molecule has 20 heavy (non-hydrogen) atoms. The van der Waals surface area contributed by atoms with E-state index in [1.54, 1.807) is 6.07 Å². The summed E-state index contributed by atoms with van der Waals surface area (Å²) in [6.07, 6.45) is 3.94. The second-order valence-electron chi connectivity index (χ2n) is 6.83. The average molecular weight is 274 g/mol. The van der Waals surface area contributed by atoms with E-state index in [-0.39, 0.29) is 5.54 Å². The highest BCUT2D eigenvalue weighted by atomic mass is 16.3. The number of hydrogen-bond acceptors (Lipinski definition) is 3. The van der Waals surface area contributed by atoms with Gasteiger partial charge in [0.1, 0.15) is 5.75 Å². The van der Waals surface area contributed by atoms with Crippen molar-refractivity contribution in [1.29, 1.82) is 0 Å². The van der Waals surface area contributed by atoms with E-state index in [0.717, 1.165) is 25.6 Å². The summed E-state index contributed by atoms with van der Waals surface area (Å²) < 4.78 is 0. The van der Waals surface area contributed by atoms with Gasteiger partial charge < -0.3 is 10.4 Å². The maximum Gasteiger partial charge on any atom is 0.115 e. The molecule has 2 atom stereocenters. The number of benzene rings is 1.